The quantitative estimate of drug-likeness (QED) is 0.858. The molecule has 1 saturated heterocycles. The van der Waals surface area contributed by atoms with Gasteiger partial charge in [0.1, 0.15) is 11.5 Å². The molecular formula is C20H24N2O3. The fraction of sp³-hybridized carbons (Fsp3) is 0.350. The first kappa shape index (κ1) is 17.1. The van der Waals surface area contributed by atoms with Gasteiger partial charge in [0, 0.05) is 37.9 Å². The van der Waals surface area contributed by atoms with E-state index in [2.05, 4.69) is 36.1 Å². The van der Waals surface area contributed by atoms with E-state index in [1.807, 2.05) is 4.90 Å². The molecule has 2 aromatic carbocycles. The van der Waals surface area contributed by atoms with Gasteiger partial charge in [-0.3, -0.25) is 4.79 Å². The minimum atomic E-state index is 0.00283. The largest absolute Gasteiger partial charge is 0.497 e. The monoisotopic (exact) mass is 340 g/mol. The lowest BCUT2D eigenvalue weighted by Gasteiger charge is -2.36. The molecule has 1 aliphatic heterocycles. The summed E-state index contributed by atoms with van der Waals surface area (Å²) in [6, 6.07) is 13.8. The van der Waals surface area contributed by atoms with Gasteiger partial charge in [0.25, 0.3) is 5.91 Å². The summed E-state index contributed by atoms with van der Waals surface area (Å²) in [6.07, 6.45) is 0. The number of methoxy groups -OCH3 is 2. The van der Waals surface area contributed by atoms with Crippen molar-refractivity contribution in [2.45, 2.75) is 6.92 Å². The molecule has 0 bridgehead atoms. The van der Waals surface area contributed by atoms with Crippen LogP contribution in [0.2, 0.25) is 0 Å². The van der Waals surface area contributed by atoms with Gasteiger partial charge in [-0.25, -0.2) is 0 Å². The standard InChI is InChI=1S/C20H24N2O3/c1-15-4-6-16(7-5-15)21-10-12-22(13-11-21)20(23)18-9-8-17(24-2)14-19(18)25-3/h4-9,14H,10-13H2,1-3H3. The van der Waals surface area contributed by atoms with E-state index in [4.69, 9.17) is 9.47 Å². The predicted molar refractivity (Wildman–Crippen MR) is 98.8 cm³/mol. The van der Waals surface area contributed by atoms with E-state index in [9.17, 15) is 4.79 Å². The van der Waals surface area contributed by atoms with Crippen LogP contribution >= 0.6 is 0 Å². The van der Waals surface area contributed by atoms with E-state index in [1.54, 1.807) is 32.4 Å². The molecule has 1 aliphatic rings. The van der Waals surface area contributed by atoms with Crippen LogP contribution in [0, 0.1) is 6.92 Å². The van der Waals surface area contributed by atoms with Gasteiger partial charge in [-0.05, 0) is 31.2 Å². The summed E-state index contributed by atoms with van der Waals surface area (Å²) < 4.78 is 10.6. The number of aryl methyl sites for hydroxylation is 1. The Labute approximate surface area is 148 Å². The molecule has 2 aromatic rings. The smallest absolute Gasteiger partial charge is 0.257 e. The Bertz CT molecular complexity index is 735. The maximum Gasteiger partial charge on any atom is 0.257 e. The number of amides is 1. The fourth-order valence-corrected chi connectivity index (χ4v) is 3.07. The van der Waals surface area contributed by atoms with Gasteiger partial charge in [-0.1, -0.05) is 17.7 Å². The second kappa shape index (κ2) is 7.47. The molecule has 1 heterocycles. The predicted octanol–water partition coefficient (Wildman–Crippen LogP) is 2.97. The number of carbonyl (C=O) groups excluding carboxylic acids is 1. The highest BCUT2D eigenvalue weighted by molar-refractivity contribution is 5.97. The lowest BCUT2D eigenvalue weighted by Crippen LogP contribution is -2.48. The normalized spacial score (nSPS) is 14.4. The van der Waals surface area contributed by atoms with Crippen LogP contribution < -0.4 is 14.4 Å². The molecule has 0 saturated carbocycles. The Morgan fingerprint density at radius 3 is 2.20 bits per heavy atom. The first-order chi connectivity index (χ1) is 12.1. The van der Waals surface area contributed by atoms with Gasteiger partial charge in [0.15, 0.2) is 0 Å². The first-order valence-corrected chi connectivity index (χ1v) is 8.45. The van der Waals surface area contributed by atoms with Crippen LogP contribution in [-0.4, -0.2) is 51.2 Å². The lowest BCUT2D eigenvalue weighted by molar-refractivity contribution is 0.0743. The summed E-state index contributed by atoms with van der Waals surface area (Å²) in [4.78, 5) is 17.1. The van der Waals surface area contributed by atoms with Crippen molar-refractivity contribution in [3.63, 3.8) is 0 Å². The van der Waals surface area contributed by atoms with Crippen LogP contribution in [0.1, 0.15) is 15.9 Å². The van der Waals surface area contributed by atoms with Crippen molar-refractivity contribution in [1.29, 1.82) is 0 Å². The van der Waals surface area contributed by atoms with Crippen LogP contribution in [0.5, 0.6) is 11.5 Å². The summed E-state index contributed by atoms with van der Waals surface area (Å²) in [7, 11) is 3.17. The third-order valence-corrected chi connectivity index (χ3v) is 4.61. The van der Waals surface area contributed by atoms with Crippen molar-refractivity contribution in [1.82, 2.24) is 4.90 Å². The number of benzene rings is 2. The molecule has 132 valence electrons. The fourth-order valence-electron chi connectivity index (χ4n) is 3.07. The molecular weight excluding hydrogens is 316 g/mol. The number of hydrogen-bond acceptors (Lipinski definition) is 4. The van der Waals surface area contributed by atoms with E-state index in [1.165, 1.54) is 11.3 Å². The zero-order chi connectivity index (χ0) is 17.8. The van der Waals surface area contributed by atoms with Crippen LogP contribution in [-0.2, 0) is 0 Å². The van der Waals surface area contributed by atoms with Gasteiger partial charge in [-0.2, -0.15) is 0 Å². The zero-order valence-corrected chi connectivity index (χ0v) is 15.0. The minimum absolute atomic E-state index is 0.00283. The molecule has 0 atom stereocenters. The summed E-state index contributed by atoms with van der Waals surface area (Å²) in [5.74, 6) is 1.23. The Hall–Kier alpha value is -2.69. The summed E-state index contributed by atoms with van der Waals surface area (Å²) in [5, 5.41) is 0. The van der Waals surface area contributed by atoms with Gasteiger partial charge in [0.05, 0.1) is 19.8 Å². The topological polar surface area (TPSA) is 42.0 Å². The SMILES string of the molecule is COc1ccc(C(=O)N2CCN(c3ccc(C)cc3)CC2)c(OC)c1. The molecule has 5 heteroatoms. The number of carbonyl (C=O) groups is 1. The molecule has 0 N–H and O–H groups in total. The van der Waals surface area contributed by atoms with Crippen molar-refractivity contribution in [2.24, 2.45) is 0 Å². The van der Waals surface area contributed by atoms with Crippen LogP contribution in [0.25, 0.3) is 0 Å². The van der Waals surface area contributed by atoms with E-state index >= 15 is 0 Å². The Balaban J connectivity index is 1.68. The second-order valence-corrected chi connectivity index (χ2v) is 6.18. The van der Waals surface area contributed by atoms with Crippen molar-refractivity contribution >= 4 is 11.6 Å². The zero-order valence-electron chi connectivity index (χ0n) is 15.0. The van der Waals surface area contributed by atoms with Crippen molar-refractivity contribution < 1.29 is 14.3 Å². The molecule has 0 radical (unpaired) electrons. The molecule has 1 fully saturated rings. The van der Waals surface area contributed by atoms with E-state index in [-0.39, 0.29) is 5.91 Å². The molecule has 3 rings (SSSR count). The first-order valence-electron chi connectivity index (χ1n) is 8.45. The van der Waals surface area contributed by atoms with Gasteiger partial charge in [0.2, 0.25) is 0 Å². The maximum absolute atomic E-state index is 12.9. The molecule has 25 heavy (non-hydrogen) atoms. The molecule has 5 nitrogen and oxygen atoms in total. The highest BCUT2D eigenvalue weighted by atomic mass is 16.5. The number of anilines is 1. The Kier molecular flexibility index (Phi) is 5.12. The highest BCUT2D eigenvalue weighted by Gasteiger charge is 2.24. The Morgan fingerprint density at radius 1 is 0.920 bits per heavy atom. The molecule has 1 amide bonds. The van der Waals surface area contributed by atoms with Gasteiger partial charge >= 0.3 is 0 Å². The average molecular weight is 340 g/mol. The van der Waals surface area contributed by atoms with E-state index in [0.29, 0.717) is 30.2 Å². The number of piperazine rings is 1. The van der Waals surface area contributed by atoms with Crippen molar-refractivity contribution in [3.8, 4) is 11.5 Å². The van der Waals surface area contributed by atoms with Crippen molar-refractivity contribution in [3.05, 3.63) is 53.6 Å². The number of ether oxygens (including phenoxy) is 2. The number of rotatable bonds is 4. The summed E-state index contributed by atoms with van der Waals surface area (Å²) >= 11 is 0. The van der Waals surface area contributed by atoms with Crippen LogP contribution in [0.4, 0.5) is 5.69 Å². The maximum atomic E-state index is 12.9. The second-order valence-electron chi connectivity index (χ2n) is 6.18. The minimum Gasteiger partial charge on any atom is -0.497 e. The third-order valence-electron chi connectivity index (χ3n) is 4.61. The summed E-state index contributed by atoms with van der Waals surface area (Å²) in [5.41, 5.74) is 3.04. The average Bonchev–Trinajstić information content (AvgIpc) is 2.67. The third kappa shape index (κ3) is 3.71. The van der Waals surface area contributed by atoms with Crippen LogP contribution in [0.3, 0.4) is 0 Å². The summed E-state index contributed by atoms with van der Waals surface area (Å²) in [6.45, 7) is 5.13. The molecule has 0 unspecified atom stereocenters. The van der Waals surface area contributed by atoms with Gasteiger partial charge in [-0.15, -0.1) is 0 Å². The van der Waals surface area contributed by atoms with E-state index < -0.39 is 0 Å². The molecule has 0 spiro atoms. The number of hydrogen-bond donors (Lipinski definition) is 0. The van der Waals surface area contributed by atoms with Gasteiger partial charge < -0.3 is 19.3 Å². The Morgan fingerprint density at radius 2 is 1.60 bits per heavy atom. The number of nitrogens with zero attached hydrogens (tertiary/aromatic N) is 2. The molecule has 0 aromatic heterocycles. The van der Waals surface area contributed by atoms with Crippen LogP contribution in [0.15, 0.2) is 42.5 Å². The molecule has 0 aliphatic carbocycles. The van der Waals surface area contributed by atoms with Crippen molar-refractivity contribution in [2.75, 3.05) is 45.3 Å². The highest BCUT2D eigenvalue weighted by Crippen LogP contribution is 2.26. The lowest BCUT2D eigenvalue weighted by atomic mass is 10.1. The van der Waals surface area contributed by atoms with E-state index in [0.717, 1.165) is 13.1 Å².